The Balaban J connectivity index is 2.17. The highest BCUT2D eigenvalue weighted by molar-refractivity contribution is 7.09. The van der Waals surface area contributed by atoms with Gasteiger partial charge in [-0.25, -0.2) is 10.8 Å². The molecule has 108 valence electrons. The lowest BCUT2D eigenvalue weighted by Crippen LogP contribution is -2.23. The van der Waals surface area contributed by atoms with Crippen LogP contribution in [0.4, 0.5) is 0 Å². The first-order chi connectivity index (χ1) is 10.2. The van der Waals surface area contributed by atoms with Gasteiger partial charge in [0.15, 0.2) is 5.70 Å². The number of nitrogens with one attached hydrogen (secondary N) is 1. The number of benzene rings is 1. The van der Waals surface area contributed by atoms with E-state index in [1.165, 1.54) is 0 Å². The highest BCUT2D eigenvalue weighted by atomic mass is 32.1. The van der Waals surface area contributed by atoms with Crippen LogP contribution in [0.5, 0.6) is 5.75 Å². The molecule has 0 aliphatic heterocycles. The van der Waals surface area contributed by atoms with Crippen LogP contribution < -0.4 is 21.7 Å². The molecule has 0 saturated carbocycles. The molecule has 6 nitrogen and oxygen atoms in total. The molecular weight excluding hydrogens is 286 g/mol. The second kappa shape index (κ2) is 6.74. The molecule has 1 aromatic carbocycles. The topological polar surface area (TPSA) is 110 Å². The van der Waals surface area contributed by atoms with Crippen molar-refractivity contribution in [2.45, 2.75) is 13.5 Å². The van der Waals surface area contributed by atoms with Crippen molar-refractivity contribution in [3.63, 3.8) is 0 Å². The Hall–Kier alpha value is -2.56. The maximum Gasteiger partial charge on any atom is 0.151 e. The molecule has 1 aromatic heterocycles. The van der Waals surface area contributed by atoms with Gasteiger partial charge in [-0.3, -0.25) is 0 Å². The number of nitriles is 1. The average Bonchev–Trinajstić information content (AvgIpc) is 2.92. The summed E-state index contributed by atoms with van der Waals surface area (Å²) in [5, 5.41) is 8.92. The average molecular weight is 301 g/mol. The van der Waals surface area contributed by atoms with Gasteiger partial charge < -0.3 is 15.9 Å². The summed E-state index contributed by atoms with van der Waals surface area (Å²) in [6.45, 7) is 2.39. The minimum absolute atomic E-state index is 0.116. The van der Waals surface area contributed by atoms with Crippen LogP contribution in [0.3, 0.4) is 0 Å². The van der Waals surface area contributed by atoms with Crippen LogP contribution in [0.2, 0.25) is 0 Å². The molecule has 0 unspecified atom stereocenters. The van der Waals surface area contributed by atoms with Gasteiger partial charge in [0.05, 0.1) is 21.8 Å². The van der Waals surface area contributed by atoms with Crippen LogP contribution >= 0.6 is 11.3 Å². The summed E-state index contributed by atoms with van der Waals surface area (Å²) in [5.74, 6) is 5.92. The smallest absolute Gasteiger partial charge is 0.151 e. The zero-order chi connectivity index (χ0) is 15.2. The molecule has 0 spiro atoms. The summed E-state index contributed by atoms with van der Waals surface area (Å²) in [5.41, 5.74) is 12.0. The normalized spacial score (nSPS) is 11.5. The Morgan fingerprint density at radius 2 is 2.33 bits per heavy atom. The third kappa shape index (κ3) is 3.51. The van der Waals surface area contributed by atoms with Crippen LogP contribution in [0.25, 0.3) is 5.70 Å². The molecule has 0 bridgehead atoms. The first-order valence-corrected chi connectivity index (χ1v) is 7.02. The fraction of sp³-hybridized carbons (Fsp3) is 0.143. The quantitative estimate of drug-likeness (QED) is 0.440. The SMILES string of the molecule is Cc1ncsc1COc1cccc(/C(N)=C(\C#N)NN)c1. The van der Waals surface area contributed by atoms with Crippen LogP contribution in [0.1, 0.15) is 16.1 Å². The summed E-state index contributed by atoms with van der Waals surface area (Å²) < 4.78 is 5.73. The third-order valence-electron chi connectivity index (χ3n) is 2.89. The molecule has 0 aliphatic carbocycles. The number of allylic oxidation sites excluding steroid dienone is 1. The van der Waals surface area contributed by atoms with Gasteiger partial charge in [-0.05, 0) is 19.1 Å². The van der Waals surface area contributed by atoms with Crippen LogP contribution in [-0.4, -0.2) is 4.98 Å². The van der Waals surface area contributed by atoms with Crippen molar-refractivity contribution in [3.8, 4) is 11.8 Å². The molecule has 0 saturated heterocycles. The summed E-state index contributed by atoms with van der Waals surface area (Å²) in [4.78, 5) is 5.25. The largest absolute Gasteiger partial charge is 0.488 e. The van der Waals surface area contributed by atoms with Crippen LogP contribution in [0, 0.1) is 18.3 Å². The monoisotopic (exact) mass is 301 g/mol. The van der Waals surface area contributed by atoms with Gasteiger partial charge in [0.25, 0.3) is 0 Å². The first-order valence-electron chi connectivity index (χ1n) is 6.14. The van der Waals surface area contributed by atoms with E-state index in [0.29, 0.717) is 17.9 Å². The number of rotatable bonds is 5. The standard InChI is InChI=1S/C14H15N5OS/c1-9-13(21-8-18-9)7-20-11-4-2-3-10(5-11)14(16)12(6-15)19-17/h2-5,8,19H,7,16-17H2,1H3/b14-12-. The zero-order valence-corrected chi connectivity index (χ0v) is 12.3. The Kier molecular flexibility index (Phi) is 4.77. The lowest BCUT2D eigenvalue weighted by molar-refractivity contribution is 0.308. The van der Waals surface area contributed by atoms with Crippen molar-refractivity contribution < 1.29 is 4.74 Å². The van der Waals surface area contributed by atoms with E-state index >= 15 is 0 Å². The molecule has 2 rings (SSSR count). The molecular formula is C14H15N5OS. The van der Waals surface area contributed by atoms with Crippen LogP contribution in [-0.2, 0) is 6.61 Å². The number of hydrogen-bond acceptors (Lipinski definition) is 7. The lowest BCUT2D eigenvalue weighted by Gasteiger charge is -2.09. The number of nitrogens with zero attached hydrogens (tertiary/aromatic N) is 2. The Labute approximate surface area is 126 Å². The number of nitrogens with two attached hydrogens (primary N) is 2. The van der Waals surface area contributed by atoms with E-state index in [1.807, 2.05) is 25.1 Å². The fourth-order valence-electron chi connectivity index (χ4n) is 1.68. The Morgan fingerprint density at radius 3 is 2.95 bits per heavy atom. The molecule has 0 fully saturated rings. The molecule has 21 heavy (non-hydrogen) atoms. The van der Waals surface area contributed by atoms with Gasteiger partial charge >= 0.3 is 0 Å². The van der Waals surface area contributed by atoms with Crippen molar-refractivity contribution in [2.75, 3.05) is 0 Å². The van der Waals surface area contributed by atoms with E-state index in [9.17, 15) is 0 Å². The minimum atomic E-state index is 0.116. The van der Waals surface area contributed by atoms with E-state index in [2.05, 4.69) is 10.4 Å². The third-order valence-corrected chi connectivity index (χ3v) is 3.79. The van der Waals surface area contributed by atoms with Crippen molar-refractivity contribution in [2.24, 2.45) is 11.6 Å². The minimum Gasteiger partial charge on any atom is -0.488 e. The van der Waals surface area contributed by atoms with E-state index in [1.54, 1.807) is 29.0 Å². The number of hydrazine groups is 1. The predicted molar refractivity (Wildman–Crippen MR) is 81.7 cm³/mol. The molecule has 0 aliphatic rings. The summed E-state index contributed by atoms with van der Waals surface area (Å²) in [6.07, 6.45) is 0. The molecule has 1 heterocycles. The maximum absolute atomic E-state index is 8.92. The van der Waals surface area contributed by atoms with Crippen LogP contribution in [0.15, 0.2) is 35.5 Å². The number of aryl methyl sites for hydroxylation is 1. The van der Waals surface area contributed by atoms with Gasteiger partial charge in [-0.15, -0.1) is 11.3 Å². The van der Waals surface area contributed by atoms with Crippen molar-refractivity contribution >= 4 is 17.0 Å². The highest BCUT2D eigenvalue weighted by Gasteiger charge is 2.07. The summed E-state index contributed by atoms with van der Waals surface area (Å²) >= 11 is 1.55. The number of ether oxygens (including phenoxy) is 1. The number of aromatic nitrogens is 1. The van der Waals surface area contributed by atoms with Gasteiger partial charge in [-0.1, -0.05) is 12.1 Å². The van der Waals surface area contributed by atoms with E-state index in [0.717, 1.165) is 10.6 Å². The molecule has 5 N–H and O–H groups in total. The second-order valence-electron chi connectivity index (χ2n) is 4.22. The number of hydrogen-bond donors (Lipinski definition) is 3. The summed E-state index contributed by atoms with van der Waals surface area (Å²) in [7, 11) is 0. The maximum atomic E-state index is 8.92. The Morgan fingerprint density at radius 1 is 1.52 bits per heavy atom. The molecule has 0 amide bonds. The first kappa shape index (κ1) is 14.8. The lowest BCUT2D eigenvalue weighted by atomic mass is 10.1. The fourth-order valence-corrected chi connectivity index (χ4v) is 2.37. The summed E-state index contributed by atoms with van der Waals surface area (Å²) in [6, 6.07) is 9.09. The van der Waals surface area contributed by atoms with Gasteiger partial charge in [0.2, 0.25) is 0 Å². The highest BCUT2D eigenvalue weighted by Crippen LogP contribution is 2.21. The van der Waals surface area contributed by atoms with E-state index < -0.39 is 0 Å². The number of thiazole rings is 1. The zero-order valence-electron chi connectivity index (χ0n) is 11.5. The van der Waals surface area contributed by atoms with Crippen molar-refractivity contribution in [1.29, 1.82) is 5.26 Å². The molecule has 0 radical (unpaired) electrons. The van der Waals surface area contributed by atoms with Crippen molar-refractivity contribution in [3.05, 3.63) is 51.6 Å². The van der Waals surface area contributed by atoms with E-state index in [4.69, 9.17) is 21.6 Å². The predicted octanol–water partition coefficient (Wildman–Crippen LogP) is 1.64. The van der Waals surface area contributed by atoms with Crippen molar-refractivity contribution in [1.82, 2.24) is 10.4 Å². The van der Waals surface area contributed by atoms with Gasteiger partial charge in [0.1, 0.15) is 18.4 Å². The molecule has 7 heteroatoms. The molecule has 2 aromatic rings. The van der Waals surface area contributed by atoms with Gasteiger partial charge in [0, 0.05) is 5.56 Å². The molecule has 0 atom stereocenters. The van der Waals surface area contributed by atoms with Gasteiger partial charge in [-0.2, -0.15) is 5.26 Å². The second-order valence-corrected chi connectivity index (χ2v) is 5.16. The Bertz CT molecular complexity index is 701. The van der Waals surface area contributed by atoms with E-state index in [-0.39, 0.29) is 11.4 Å².